The number of likely N-dealkylation sites (tertiary alicyclic amines) is 1. The van der Waals surface area contributed by atoms with Gasteiger partial charge >= 0.3 is 6.09 Å². The molecule has 6 nitrogen and oxygen atoms in total. The van der Waals surface area contributed by atoms with Crippen LogP contribution in [-0.2, 0) is 14.3 Å². The standard InChI is InChI=1S/C18H32N2O4/c1-18(2,3)24-17(22)19-15(14-8-5-9-14)16(21)20-10-6-7-13(11-20)12-23-4/h13-15H,5-12H2,1-4H3,(H,19,22)/t13-,15+/m1/s1. The Kier molecular flexibility index (Phi) is 6.49. The first-order chi connectivity index (χ1) is 11.3. The normalized spacial score (nSPS) is 23.3. The van der Waals surface area contributed by atoms with Crippen molar-refractivity contribution >= 4 is 12.0 Å². The second-order valence-corrected chi connectivity index (χ2v) is 8.06. The minimum atomic E-state index is -0.564. The molecule has 0 aromatic heterocycles. The molecule has 24 heavy (non-hydrogen) atoms. The predicted molar refractivity (Wildman–Crippen MR) is 91.7 cm³/mol. The number of ether oxygens (including phenoxy) is 2. The first-order valence-electron chi connectivity index (χ1n) is 9.07. The number of piperidine rings is 1. The molecule has 2 rings (SSSR count). The van der Waals surface area contributed by atoms with E-state index in [1.807, 2.05) is 25.7 Å². The van der Waals surface area contributed by atoms with Crippen molar-refractivity contribution in [3.63, 3.8) is 0 Å². The third kappa shape index (κ3) is 5.36. The molecule has 0 bridgehead atoms. The number of hydrogen-bond donors (Lipinski definition) is 1. The molecule has 1 N–H and O–H groups in total. The number of methoxy groups -OCH3 is 1. The molecule has 2 atom stereocenters. The molecule has 0 aromatic carbocycles. The molecule has 2 fully saturated rings. The van der Waals surface area contributed by atoms with Gasteiger partial charge in [-0.3, -0.25) is 4.79 Å². The van der Waals surface area contributed by atoms with Gasteiger partial charge in [-0.1, -0.05) is 6.42 Å². The molecule has 6 heteroatoms. The predicted octanol–water partition coefficient (Wildman–Crippen LogP) is 2.56. The highest BCUT2D eigenvalue weighted by Crippen LogP contribution is 2.31. The fourth-order valence-electron chi connectivity index (χ4n) is 3.42. The lowest BCUT2D eigenvalue weighted by Gasteiger charge is -2.39. The first kappa shape index (κ1) is 19.0. The number of nitrogens with zero attached hydrogens (tertiary/aromatic N) is 1. The number of hydrogen-bond acceptors (Lipinski definition) is 4. The Labute approximate surface area is 145 Å². The summed E-state index contributed by atoms with van der Waals surface area (Å²) in [6.45, 7) is 7.63. The summed E-state index contributed by atoms with van der Waals surface area (Å²) in [6, 6.07) is -0.463. The van der Waals surface area contributed by atoms with Crippen molar-refractivity contribution in [3.8, 4) is 0 Å². The molecule has 0 radical (unpaired) electrons. The molecule has 2 amide bonds. The number of nitrogens with one attached hydrogen (secondary N) is 1. The zero-order valence-electron chi connectivity index (χ0n) is 15.5. The summed E-state index contributed by atoms with van der Waals surface area (Å²) in [5.41, 5.74) is -0.564. The Balaban J connectivity index is 1.98. The lowest BCUT2D eigenvalue weighted by molar-refractivity contribution is -0.138. The molecule has 1 saturated heterocycles. The summed E-state index contributed by atoms with van der Waals surface area (Å²) < 4.78 is 10.6. The van der Waals surface area contributed by atoms with Crippen LogP contribution in [0.4, 0.5) is 4.79 Å². The van der Waals surface area contributed by atoms with Crippen molar-refractivity contribution in [2.45, 2.75) is 64.5 Å². The van der Waals surface area contributed by atoms with Crippen molar-refractivity contribution in [1.82, 2.24) is 10.2 Å². The van der Waals surface area contributed by atoms with Gasteiger partial charge in [0.2, 0.25) is 5.91 Å². The van der Waals surface area contributed by atoms with E-state index in [0.717, 1.165) is 38.6 Å². The molecule has 1 aliphatic heterocycles. The van der Waals surface area contributed by atoms with Gasteiger partial charge in [0, 0.05) is 20.2 Å². The number of carbonyl (C=O) groups is 2. The van der Waals surface area contributed by atoms with E-state index in [1.54, 1.807) is 7.11 Å². The highest BCUT2D eigenvalue weighted by atomic mass is 16.6. The molecular formula is C18H32N2O4. The second kappa shape index (κ2) is 8.19. The lowest BCUT2D eigenvalue weighted by Crippen LogP contribution is -2.56. The van der Waals surface area contributed by atoms with Crippen molar-refractivity contribution in [1.29, 1.82) is 0 Å². The van der Waals surface area contributed by atoms with Crippen LogP contribution in [0.5, 0.6) is 0 Å². The molecular weight excluding hydrogens is 308 g/mol. The van der Waals surface area contributed by atoms with Crippen molar-refractivity contribution in [3.05, 3.63) is 0 Å². The van der Waals surface area contributed by atoms with E-state index in [0.29, 0.717) is 19.1 Å². The van der Waals surface area contributed by atoms with Gasteiger partial charge in [-0.25, -0.2) is 4.79 Å². The Morgan fingerprint density at radius 3 is 2.46 bits per heavy atom. The van der Waals surface area contributed by atoms with Crippen molar-refractivity contribution in [2.75, 3.05) is 26.8 Å². The maximum atomic E-state index is 13.0. The Bertz CT molecular complexity index is 441. The molecule has 1 saturated carbocycles. The monoisotopic (exact) mass is 340 g/mol. The number of alkyl carbamates (subject to hydrolysis) is 1. The van der Waals surface area contributed by atoms with Crippen LogP contribution in [0.15, 0.2) is 0 Å². The van der Waals surface area contributed by atoms with Crippen LogP contribution in [0.25, 0.3) is 0 Å². The van der Waals surface area contributed by atoms with Gasteiger partial charge in [-0.2, -0.15) is 0 Å². The summed E-state index contributed by atoms with van der Waals surface area (Å²) in [6.07, 6.45) is 4.67. The summed E-state index contributed by atoms with van der Waals surface area (Å²) in [7, 11) is 1.70. The molecule has 0 spiro atoms. The topological polar surface area (TPSA) is 67.9 Å². The maximum Gasteiger partial charge on any atom is 0.408 e. The van der Waals surface area contributed by atoms with Gasteiger partial charge in [-0.05, 0) is 58.3 Å². The highest BCUT2D eigenvalue weighted by molar-refractivity contribution is 5.86. The van der Waals surface area contributed by atoms with Gasteiger partial charge in [0.05, 0.1) is 6.61 Å². The largest absolute Gasteiger partial charge is 0.444 e. The second-order valence-electron chi connectivity index (χ2n) is 8.06. The van der Waals surface area contributed by atoms with E-state index in [9.17, 15) is 9.59 Å². The molecule has 1 aliphatic carbocycles. The van der Waals surface area contributed by atoms with Crippen LogP contribution in [0.3, 0.4) is 0 Å². The zero-order valence-corrected chi connectivity index (χ0v) is 15.5. The van der Waals surface area contributed by atoms with Crippen LogP contribution in [0.1, 0.15) is 52.9 Å². The Morgan fingerprint density at radius 2 is 1.92 bits per heavy atom. The fourth-order valence-corrected chi connectivity index (χ4v) is 3.42. The summed E-state index contributed by atoms with van der Waals surface area (Å²) in [5, 5.41) is 2.84. The number of carbonyl (C=O) groups excluding carboxylic acids is 2. The molecule has 0 aromatic rings. The van der Waals surface area contributed by atoms with Crippen LogP contribution in [0, 0.1) is 11.8 Å². The fraction of sp³-hybridized carbons (Fsp3) is 0.889. The van der Waals surface area contributed by atoms with E-state index < -0.39 is 17.7 Å². The van der Waals surface area contributed by atoms with E-state index in [-0.39, 0.29) is 11.8 Å². The Morgan fingerprint density at radius 1 is 1.21 bits per heavy atom. The number of rotatable bonds is 5. The zero-order chi connectivity index (χ0) is 17.7. The van der Waals surface area contributed by atoms with Crippen LogP contribution >= 0.6 is 0 Å². The minimum absolute atomic E-state index is 0.0337. The van der Waals surface area contributed by atoms with E-state index >= 15 is 0 Å². The molecule has 0 unspecified atom stereocenters. The van der Waals surface area contributed by atoms with Gasteiger partial charge in [0.25, 0.3) is 0 Å². The number of amides is 2. The van der Waals surface area contributed by atoms with E-state index in [2.05, 4.69) is 5.32 Å². The molecule has 1 heterocycles. The summed E-state index contributed by atoms with van der Waals surface area (Å²) >= 11 is 0. The lowest BCUT2D eigenvalue weighted by atomic mass is 9.79. The quantitative estimate of drug-likeness (QED) is 0.835. The van der Waals surface area contributed by atoms with Gasteiger partial charge in [0.1, 0.15) is 11.6 Å². The average Bonchev–Trinajstić information content (AvgIpc) is 2.42. The third-order valence-corrected chi connectivity index (χ3v) is 4.79. The summed E-state index contributed by atoms with van der Waals surface area (Å²) in [4.78, 5) is 27.0. The van der Waals surface area contributed by atoms with Crippen LogP contribution in [0.2, 0.25) is 0 Å². The molecule has 2 aliphatic rings. The van der Waals surface area contributed by atoms with Gasteiger partial charge in [-0.15, -0.1) is 0 Å². The van der Waals surface area contributed by atoms with Crippen molar-refractivity contribution in [2.24, 2.45) is 11.8 Å². The van der Waals surface area contributed by atoms with Crippen LogP contribution < -0.4 is 5.32 Å². The van der Waals surface area contributed by atoms with Gasteiger partial charge in [0.15, 0.2) is 0 Å². The summed E-state index contributed by atoms with van der Waals surface area (Å²) in [5.74, 6) is 0.649. The smallest absolute Gasteiger partial charge is 0.408 e. The average molecular weight is 340 g/mol. The third-order valence-electron chi connectivity index (χ3n) is 4.79. The van der Waals surface area contributed by atoms with Crippen molar-refractivity contribution < 1.29 is 19.1 Å². The minimum Gasteiger partial charge on any atom is -0.444 e. The first-order valence-corrected chi connectivity index (χ1v) is 9.07. The van der Waals surface area contributed by atoms with E-state index in [1.165, 1.54) is 0 Å². The highest BCUT2D eigenvalue weighted by Gasteiger charge is 2.38. The SMILES string of the molecule is COC[C@@H]1CCCN(C(=O)[C@@H](NC(=O)OC(C)(C)C)C2CCC2)C1. The Hall–Kier alpha value is -1.30. The maximum absolute atomic E-state index is 13.0. The van der Waals surface area contributed by atoms with Crippen LogP contribution in [-0.4, -0.2) is 55.3 Å². The van der Waals surface area contributed by atoms with E-state index in [4.69, 9.17) is 9.47 Å². The molecule has 138 valence electrons. The van der Waals surface area contributed by atoms with Gasteiger partial charge < -0.3 is 19.7 Å².